The van der Waals surface area contributed by atoms with Crippen molar-refractivity contribution in [2.24, 2.45) is 0 Å². The molecule has 138 valence electrons. The van der Waals surface area contributed by atoms with E-state index in [0.29, 0.717) is 5.56 Å². The van der Waals surface area contributed by atoms with Crippen molar-refractivity contribution in [3.8, 4) is 0 Å². The first-order valence-corrected chi connectivity index (χ1v) is 9.44. The Morgan fingerprint density at radius 3 is 2.84 bits per heavy atom. The highest BCUT2D eigenvalue weighted by atomic mass is 32.2. The fourth-order valence-electron chi connectivity index (χ4n) is 2.85. The average Bonchev–Trinajstić information content (AvgIpc) is 3.19. The zero-order chi connectivity index (χ0) is 18.2. The molecule has 0 aromatic carbocycles. The largest absolute Gasteiger partial charge is 0.390 e. The number of aliphatic hydroxyl groups is 1. The van der Waals surface area contributed by atoms with Gasteiger partial charge in [0.2, 0.25) is 10.0 Å². The lowest BCUT2D eigenvalue weighted by Gasteiger charge is -2.19. The van der Waals surface area contributed by atoms with E-state index in [1.165, 1.54) is 21.3 Å². The van der Waals surface area contributed by atoms with Gasteiger partial charge in [-0.2, -0.15) is 0 Å². The number of aryl methyl sites for hydroxylation is 1. The van der Waals surface area contributed by atoms with Crippen LogP contribution in [0.15, 0.2) is 28.2 Å². The van der Waals surface area contributed by atoms with E-state index in [1.54, 1.807) is 13.1 Å². The molecule has 0 radical (unpaired) electrons. The van der Waals surface area contributed by atoms with Crippen LogP contribution in [-0.2, 0) is 14.8 Å². The fraction of sp³-hybridized carbons (Fsp3) is 0.571. The SMILES string of the molecule is Cc1cn([C@H]2C[C@@H](O)[C@@H](CCS(=O)(=O)N3C=CNC3)O2)c(=O)[nH]c1=O. The van der Waals surface area contributed by atoms with Crippen molar-refractivity contribution < 1.29 is 18.3 Å². The summed E-state index contributed by atoms with van der Waals surface area (Å²) < 4.78 is 32.4. The van der Waals surface area contributed by atoms with Crippen molar-refractivity contribution in [1.29, 1.82) is 0 Å². The quantitative estimate of drug-likeness (QED) is 0.575. The summed E-state index contributed by atoms with van der Waals surface area (Å²) in [6.07, 6.45) is 2.23. The van der Waals surface area contributed by atoms with Crippen molar-refractivity contribution in [3.05, 3.63) is 45.0 Å². The summed E-state index contributed by atoms with van der Waals surface area (Å²) in [6.45, 7) is 1.74. The van der Waals surface area contributed by atoms with Crippen LogP contribution in [-0.4, -0.2) is 52.0 Å². The topological polar surface area (TPSA) is 134 Å². The zero-order valence-electron chi connectivity index (χ0n) is 13.6. The van der Waals surface area contributed by atoms with E-state index in [9.17, 15) is 23.1 Å². The van der Waals surface area contributed by atoms with Gasteiger partial charge in [0.1, 0.15) is 12.9 Å². The number of aromatic amines is 1. The lowest BCUT2D eigenvalue weighted by molar-refractivity contribution is -0.0215. The molecule has 3 heterocycles. The van der Waals surface area contributed by atoms with E-state index in [4.69, 9.17) is 4.74 Å². The Balaban J connectivity index is 1.68. The van der Waals surface area contributed by atoms with Crippen LogP contribution in [0.4, 0.5) is 0 Å². The van der Waals surface area contributed by atoms with Crippen LogP contribution in [0.5, 0.6) is 0 Å². The molecule has 1 aromatic heterocycles. The van der Waals surface area contributed by atoms with Gasteiger partial charge >= 0.3 is 5.69 Å². The molecule has 1 fully saturated rings. The molecule has 0 amide bonds. The molecule has 3 N–H and O–H groups in total. The first-order chi connectivity index (χ1) is 11.8. The van der Waals surface area contributed by atoms with Gasteiger partial charge in [-0.3, -0.25) is 18.7 Å². The Kier molecular flexibility index (Phi) is 4.71. The summed E-state index contributed by atoms with van der Waals surface area (Å²) in [7, 11) is -3.50. The van der Waals surface area contributed by atoms with Gasteiger partial charge in [-0.05, 0) is 13.3 Å². The summed E-state index contributed by atoms with van der Waals surface area (Å²) in [5.41, 5.74) is -0.763. The molecule has 3 rings (SSSR count). The third-order valence-electron chi connectivity index (χ3n) is 4.28. The van der Waals surface area contributed by atoms with Crippen molar-refractivity contribution in [2.75, 3.05) is 12.4 Å². The Labute approximate surface area is 143 Å². The normalized spacial score (nSPS) is 26.2. The summed E-state index contributed by atoms with van der Waals surface area (Å²) in [4.78, 5) is 25.5. The molecule has 25 heavy (non-hydrogen) atoms. The first-order valence-electron chi connectivity index (χ1n) is 7.83. The molecule has 0 saturated carbocycles. The second-order valence-electron chi connectivity index (χ2n) is 6.08. The highest BCUT2D eigenvalue weighted by Gasteiger charge is 2.36. The Bertz CT molecular complexity index is 889. The number of rotatable bonds is 5. The minimum Gasteiger partial charge on any atom is -0.390 e. The predicted octanol–water partition coefficient (Wildman–Crippen LogP) is -1.45. The van der Waals surface area contributed by atoms with Gasteiger partial charge in [-0.25, -0.2) is 13.2 Å². The third-order valence-corrected chi connectivity index (χ3v) is 6.00. The van der Waals surface area contributed by atoms with Crippen LogP contribution < -0.4 is 16.6 Å². The van der Waals surface area contributed by atoms with Gasteiger partial charge in [0.05, 0.1) is 18.0 Å². The number of aromatic nitrogens is 2. The number of H-pyrrole nitrogens is 1. The van der Waals surface area contributed by atoms with Gasteiger partial charge in [0, 0.05) is 30.6 Å². The molecule has 10 nitrogen and oxygen atoms in total. The molecular formula is C14H20N4O6S. The molecular weight excluding hydrogens is 352 g/mol. The van der Waals surface area contributed by atoms with Gasteiger partial charge in [-0.15, -0.1) is 0 Å². The highest BCUT2D eigenvalue weighted by molar-refractivity contribution is 7.89. The summed E-state index contributed by atoms with van der Waals surface area (Å²) in [5.74, 6) is -0.187. The molecule has 0 unspecified atom stereocenters. The molecule has 3 atom stereocenters. The molecule has 2 aliphatic heterocycles. The van der Waals surface area contributed by atoms with E-state index in [-0.39, 0.29) is 25.3 Å². The molecule has 0 aliphatic carbocycles. The highest BCUT2D eigenvalue weighted by Crippen LogP contribution is 2.30. The molecule has 1 aromatic rings. The van der Waals surface area contributed by atoms with Crippen molar-refractivity contribution >= 4 is 10.0 Å². The van der Waals surface area contributed by atoms with Crippen LogP contribution in [0.3, 0.4) is 0 Å². The second-order valence-corrected chi connectivity index (χ2v) is 8.12. The molecule has 0 spiro atoms. The predicted molar refractivity (Wildman–Crippen MR) is 88.0 cm³/mol. The number of ether oxygens (including phenoxy) is 1. The fourth-order valence-corrected chi connectivity index (χ4v) is 4.13. The standard InChI is InChI=1S/C14H20N4O6S/c1-9-7-18(14(21)16-13(9)20)12-6-10(19)11(24-12)2-5-25(22,23)17-4-3-15-8-17/h3-4,7,10-12,15,19H,2,5-6,8H2,1H3,(H,16,20,21)/t10-,11-,12-/m1/s1. The maximum Gasteiger partial charge on any atom is 0.330 e. The number of sulfonamides is 1. The molecule has 0 bridgehead atoms. The lowest BCUT2D eigenvalue weighted by Crippen LogP contribution is -2.34. The van der Waals surface area contributed by atoms with E-state index in [2.05, 4.69) is 10.3 Å². The smallest absolute Gasteiger partial charge is 0.330 e. The summed E-state index contributed by atoms with van der Waals surface area (Å²) in [5, 5.41) is 12.9. The Morgan fingerprint density at radius 1 is 1.40 bits per heavy atom. The first kappa shape index (κ1) is 17.7. The van der Waals surface area contributed by atoms with E-state index in [0.717, 1.165) is 0 Å². The van der Waals surface area contributed by atoms with E-state index < -0.39 is 39.7 Å². The van der Waals surface area contributed by atoms with Gasteiger partial charge in [0.25, 0.3) is 5.56 Å². The average molecular weight is 372 g/mol. The van der Waals surface area contributed by atoms with E-state index in [1.807, 2.05) is 0 Å². The van der Waals surface area contributed by atoms with Crippen LogP contribution in [0.1, 0.15) is 24.6 Å². The van der Waals surface area contributed by atoms with Gasteiger partial charge in [0.15, 0.2) is 0 Å². The van der Waals surface area contributed by atoms with Crippen LogP contribution in [0, 0.1) is 6.92 Å². The monoisotopic (exact) mass is 372 g/mol. The van der Waals surface area contributed by atoms with E-state index >= 15 is 0 Å². The summed E-state index contributed by atoms with van der Waals surface area (Å²) >= 11 is 0. The number of hydrogen-bond donors (Lipinski definition) is 3. The van der Waals surface area contributed by atoms with Gasteiger partial charge < -0.3 is 15.2 Å². The maximum atomic E-state index is 12.2. The van der Waals surface area contributed by atoms with Crippen LogP contribution >= 0.6 is 0 Å². The number of nitrogens with zero attached hydrogens (tertiary/aromatic N) is 2. The van der Waals surface area contributed by atoms with Crippen molar-refractivity contribution in [2.45, 2.75) is 38.2 Å². The number of nitrogens with one attached hydrogen (secondary N) is 2. The minimum atomic E-state index is -3.50. The molecule has 1 saturated heterocycles. The molecule has 11 heteroatoms. The number of aliphatic hydroxyl groups excluding tert-OH is 1. The Morgan fingerprint density at radius 2 is 2.16 bits per heavy atom. The van der Waals surface area contributed by atoms with Gasteiger partial charge in [-0.1, -0.05) is 0 Å². The van der Waals surface area contributed by atoms with Crippen molar-refractivity contribution in [1.82, 2.24) is 19.2 Å². The third kappa shape index (κ3) is 3.62. The van der Waals surface area contributed by atoms with Crippen molar-refractivity contribution in [3.63, 3.8) is 0 Å². The lowest BCUT2D eigenvalue weighted by atomic mass is 10.1. The van der Waals surface area contributed by atoms with Crippen LogP contribution in [0.2, 0.25) is 0 Å². The maximum absolute atomic E-state index is 12.2. The minimum absolute atomic E-state index is 0.0986. The number of hydrogen-bond acceptors (Lipinski definition) is 7. The Hall–Kier alpha value is -2.11. The van der Waals surface area contributed by atoms with Crippen LogP contribution in [0.25, 0.3) is 0 Å². The molecule has 2 aliphatic rings. The zero-order valence-corrected chi connectivity index (χ0v) is 14.4. The second kappa shape index (κ2) is 6.65. The summed E-state index contributed by atoms with van der Waals surface area (Å²) in [6, 6.07) is 0.